The molecule has 0 bridgehead atoms. The number of hydrogen-bond acceptors (Lipinski definition) is 8. The van der Waals surface area contributed by atoms with E-state index < -0.39 is 0 Å². The van der Waals surface area contributed by atoms with Crippen molar-refractivity contribution in [3.8, 4) is 17.0 Å². The number of aromatic nitrogens is 2. The third kappa shape index (κ3) is 6.49. The van der Waals surface area contributed by atoms with Crippen LogP contribution in [0.5, 0.6) is 5.75 Å². The molecule has 1 aliphatic rings. The molecule has 1 aromatic carbocycles. The van der Waals surface area contributed by atoms with Crippen LogP contribution in [0.25, 0.3) is 11.3 Å². The van der Waals surface area contributed by atoms with E-state index in [0.29, 0.717) is 17.6 Å². The second-order valence-corrected chi connectivity index (χ2v) is 8.53. The van der Waals surface area contributed by atoms with Gasteiger partial charge in [-0.25, -0.2) is 9.97 Å². The Bertz CT molecular complexity index is 1030. The van der Waals surface area contributed by atoms with Crippen LogP contribution in [-0.2, 0) is 11.2 Å². The van der Waals surface area contributed by atoms with E-state index in [2.05, 4.69) is 25.5 Å². The van der Waals surface area contributed by atoms with E-state index in [1.54, 1.807) is 12.3 Å². The molecule has 0 spiro atoms. The number of piperazine rings is 1. The lowest BCUT2D eigenvalue weighted by atomic mass is 10.1. The molecule has 2 aromatic heterocycles. The summed E-state index contributed by atoms with van der Waals surface area (Å²) in [5, 5.41) is 8.68. The summed E-state index contributed by atoms with van der Waals surface area (Å²) in [6, 6.07) is 11.3. The Kier molecular flexibility index (Phi) is 7.65. The van der Waals surface area contributed by atoms with Gasteiger partial charge in [-0.2, -0.15) is 0 Å². The number of nitrogens with two attached hydrogens (primary N) is 1. The van der Waals surface area contributed by atoms with Crippen LogP contribution in [0.1, 0.15) is 12.0 Å². The zero-order valence-electron chi connectivity index (χ0n) is 17.9. The van der Waals surface area contributed by atoms with Gasteiger partial charge in [-0.15, -0.1) is 11.3 Å². The largest absolute Gasteiger partial charge is 0.494 e. The number of rotatable bonds is 9. The van der Waals surface area contributed by atoms with E-state index in [1.807, 2.05) is 35.7 Å². The molecule has 0 saturated carbocycles. The summed E-state index contributed by atoms with van der Waals surface area (Å²) in [6.07, 6.45) is 2.89. The first-order chi connectivity index (χ1) is 15.7. The van der Waals surface area contributed by atoms with Gasteiger partial charge in [0.1, 0.15) is 11.6 Å². The molecule has 4 N–H and O–H groups in total. The fourth-order valence-electron chi connectivity index (χ4n) is 3.58. The molecule has 0 radical (unpaired) electrons. The number of thiazole rings is 1. The van der Waals surface area contributed by atoms with Gasteiger partial charge >= 0.3 is 0 Å². The molecule has 1 saturated heterocycles. The maximum Gasteiger partial charge on any atom is 0.230 e. The molecule has 9 heteroatoms. The molecule has 0 unspecified atom stereocenters. The fourth-order valence-corrected chi connectivity index (χ4v) is 4.31. The molecule has 1 fully saturated rings. The zero-order valence-corrected chi connectivity index (χ0v) is 18.7. The zero-order chi connectivity index (χ0) is 22.2. The number of nitrogens with one attached hydrogen (secondary N) is 2. The lowest BCUT2D eigenvalue weighted by Gasteiger charge is -2.26. The smallest absolute Gasteiger partial charge is 0.230 e. The minimum absolute atomic E-state index is 0.115. The number of pyridine rings is 1. The highest BCUT2D eigenvalue weighted by atomic mass is 32.1. The van der Waals surface area contributed by atoms with Crippen molar-refractivity contribution in [2.75, 3.05) is 50.4 Å². The van der Waals surface area contributed by atoms with Gasteiger partial charge in [-0.1, -0.05) is 12.1 Å². The Balaban J connectivity index is 1.24. The summed E-state index contributed by atoms with van der Waals surface area (Å²) in [7, 11) is 0. The van der Waals surface area contributed by atoms with E-state index in [0.717, 1.165) is 61.7 Å². The van der Waals surface area contributed by atoms with Crippen LogP contribution in [0.2, 0.25) is 0 Å². The lowest BCUT2D eigenvalue weighted by molar-refractivity contribution is -0.115. The Labute approximate surface area is 191 Å². The molecule has 8 nitrogen and oxygen atoms in total. The van der Waals surface area contributed by atoms with E-state index >= 15 is 0 Å². The van der Waals surface area contributed by atoms with E-state index in [-0.39, 0.29) is 12.3 Å². The number of anilines is 2. The fraction of sp³-hybridized carbons (Fsp3) is 0.348. The number of benzene rings is 1. The number of hydrogen-bond donors (Lipinski definition) is 3. The summed E-state index contributed by atoms with van der Waals surface area (Å²) in [4.78, 5) is 23.4. The average Bonchev–Trinajstić information content (AvgIpc) is 3.26. The first-order valence-electron chi connectivity index (χ1n) is 10.8. The van der Waals surface area contributed by atoms with E-state index in [9.17, 15) is 4.79 Å². The first-order valence-corrected chi connectivity index (χ1v) is 11.7. The van der Waals surface area contributed by atoms with E-state index in [4.69, 9.17) is 10.5 Å². The van der Waals surface area contributed by atoms with Gasteiger partial charge in [0.25, 0.3) is 0 Å². The van der Waals surface area contributed by atoms with Gasteiger partial charge in [-0.3, -0.25) is 4.79 Å². The van der Waals surface area contributed by atoms with Crippen molar-refractivity contribution in [1.82, 2.24) is 20.2 Å². The third-order valence-corrected chi connectivity index (χ3v) is 5.95. The van der Waals surface area contributed by atoms with Crippen LogP contribution >= 0.6 is 11.3 Å². The Morgan fingerprint density at radius 1 is 1.25 bits per heavy atom. The molecular formula is C23H28N6O2S. The van der Waals surface area contributed by atoms with Crippen LogP contribution in [0, 0.1) is 0 Å². The van der Waals surface area contributed by atoms with Crippen LogP contribution in [0.4, 0.5) is 10.9 Å². The van der Waals surface area contributed by atoms with Gasteiger partial charge in [0.05, 0.1) is 18.7 Å². The first kappa shape index (κ1) is 22.2. The van der Waals surface area contributed by atoms with Gasteiger partial charge in [0.15, 0.2) is 5.13 Å². The van der Waals surface area contributed by atoms with Crippen LogP contribution < -0.4 is 21.1 Å². The predicted octanol–water partition coefficient (Wildman–Crippen LogP) is 2.64. The van der Waals surface area contributed by atoms with Crippen molar-refractivity contribution in [2.24, 2.45) is 0 Å². The highest BCUT2D eigenvalue weighted by Crippen LogP contribution is 2.25. The molecule has 3 aromatic rings. The Morgan fingerprint density at radius 2 is 2.12 bits per heavy atom. The standard InChI is InChI=1S/C23H28N6O2S/c24-21-15-18(5-6-26-21)20-16-32-23(27-20)28-22(30)14-17-3-1-4-19(13-17)31-12-2-9-29-10-7-25-8-11-29/h1,3-6,13,15-16,25H,2,7-12,14H2,(H2,24,26)(H,27,28,30). The number of nitrogens with zero attached hydrogens (tertiary/aromatic N) is 3. The summed E-state index contributed by atoms with van der Waals surface area (Å²) < 4.78 is 5.90. The summed E-state index contributed by atoms with van der Waals surface area (Å²) in [6.45, 7) is 6.04. The second kappa shape index (κ2) is 11.0. The highest BCUT2D eigenvalue weighted by molar-refractivity contribution is 7.14. The second-order valence-electron chi connectivity index (χ2n) is 7.67. The van der Waals surface area contributed by atoms with Crippen molar-refractivity contribution in [1.29, 1.82) is 0 Å². The SMILES string of the molecule is Nc1cc(-c2csc(NC(=O)Cc3cccc(OCCCN4CCNCC4)c3)n2)ccn1. The van der Waals surface area contributed by atoms with Crippen molar-refractivity contribution in [3.63, 3.8) is 0 Å². The molecule has 32 heavy (non-hydrogen) atoms. The van der Waals surface area contributed by atoms with Gasteiger partial charge in [0.2, 0.25) is 5.91 Å². The number of amides is 1. The Morgan fingerprint density at radius 3 is 2.97 bits per heavy atom. The van der Waals surface area contributed by atoms with Crippen LogP contribution in [0.3, 0.4) is 0 Å². The lowest BCUT2D eigenvalue weighted by Crippen LogP contribution is -2.43. The van der Waals surface area contributed by atoms with Crippen molar-refractivity contribution < 1.29 is 9.53 Å². The van der Waals surface area contributed by atoms with Crippen LogP contribution in [0.15, 0.2) is 48.0 Å². The number of carbonyl (C=O) groups is 1. The van der Waals surface area contributed by atoms with Gasteiger partial charge in [-0.05, 0) is 36.2 Å². The quantitative estimate of drug-likeness (QED) is 0.429. The topological polar surface area (TPSA) is 105 Å². The molecule has 1 amide bonds. The average molecular weight is 453 g/mol. The number of carbonyl (C=O) groups excluding carboxylic acids is 1. The molecule has 3 heterocycles. The molecule has 4 rings (SSSR count). The van der Waals surface area contributed by atoms with Crippen molar-refractivity contribution in [3.05, 3.63) is 53.5 Å². The third-order valence-electron chi connectivity index (χ3n) is 5.19. The Hall–Kier alpha value is -3.01. The van der Waals surface area contributed by atoms with Gasteiger partial charge < -0.3 is 26.0 Å². The van der Waals surface area contributed by atoms with Crippen molar-refractivity contribution in [2.45, 2.75) is 12.8 Å². The minimum Gasteiger partial charge on any atom is -0.494 e. The predicted molar refractivity (Wildman–Crippen MR) is 128 cm³/mol. The summed E-state index contributed by atoms with van der Waals surface area (Å²) >= 11 is 1.38. The monoisotopic (exact) mass is 452 g/mol. The molecule has 0 atom stereocenters. The highest BCUT2D eigenvalue weighted by Gasteiger charge is 2.11. The van der Waals surface area contributed by atoms with Crippen LogP contribution in [-0.4, -0.2) is 60.1 Å². The molecule has 168 valence electrons. The number of nitrogen functional groups attached to an aromatic ring is 1. The molecular weight excluding hydrogens is 424 g/mol. The summed E-state index contributed by atoms with van der Waals surface area (Å²) in [5.74, 6) is 1.12. The molecule has 1 aliphatic heterocycles. The molecule has 0 aliphatic carbocycles. The van der Waals surface area contributed by atoms with Crippen molar-refractivity contribution >= 4 is 28.2 Å². The number of ether oxygens (including phenoxy) is 1. The minimum atomic E-state index is -0.115. The summed E-state index contributed by atoms with van der Waals surface area (Å²) in [5.41, 5.74) is 8.27. The normalized spacial score (nSPS) is 14.2. The van der Waals surface area contributed by atoms with Gasteiger partial charge in [0, 0.05) is 49.9 Å². The maximum atomic E-state index is 12.5. The maximum absolute atomic E-state index is 12.5. The van der Waals surface area contributed by atoms with E-state index in [1.165, 1.54) is 11.3 Å².